The SMILES string of the molecule is CN1CCC(N(Cc2ccc(F)cc2)C(=O)NCc2ccc(OCC(O)CN3CCN(C(=O)OC(C)(C)C)CC3)cc2)CC1. The molecule has 10 nitrogen and oxygen atoms in total. The topological polar surface area (TPSA) is 97.8 Å². The van der Waals surface area contributed by atoms with E-state index < -0.39 is 11.7 Å². The molecule has 2 saturated heterocycles. The number of benzene rings is 2. The highest BCUT2D eigenvalue weighted by Gasteiger charge is 2.28. The predicted molar refractivity (Wildman–Crippen MR) is 167 cm³/mol. The molecule has 242 valence electrons. The highest BCUT2D eigenvalue weighted by molar-refractivity contribution is 5.74. The minimum Gasteiger partial charge on any atom is -0.491 e. The Morgan fingerprint density at radius 1 is 0.977 bits per heavy atom. The maximum Gasteiger partial charge on any atom is 0.410 e. The fourth-order valence-electron chi connectivity index (χ4n) is 5.43. The molecule has 1 unspecified atom stereocenters. The van der Waals surface area contributed by atoms with Gasteiger partial charge in [0, 0.05) is 51.9 Å². The zero-order valence-corrected chi connectivity index (χ0v) is 26.5. The molecule has 2 aromatic rings. The molecule has 2 N–H and O–H groups in total. The zero-order valence-electron chi connectivity index (χ0n) is 26.5. The molecule has 2 fully saturated rings. The largest absolute Gasteiger partial charge is 0.491 e. The van der Waals surface area contributed by atoms with Crippen LogP contribution in [0.15, 0.2) is 48.5 Å². The number of aliphatic hydroxyl groups is 1. The Balaban J connectivity index is 1.20. The summed E-state index contributed by atoms with van der Waals surface area (Å²) in [5.41, 5.74) is 1.31. The number of nitrogens with one attached hydrogen (secondary N) is 1. The molecule has 44 heavy (non-hydrogen) atoms. The summed E-state index contributed by atoms with van der Waals surface area (Å²) >= 11 is 0. The quantitative estimate of drug-likeness (QED) is 0.419. The molecule has 11 heteroatoms. The van der Waals surface area contributed by atoms with Crippen LogP contribution in [-0.2, 0) is 17.8 Å². The van der Waals surface area contributed by atoms with Crippen LogP contribution in [0.25, 0.3) is 0 Å². The third-order valence-corrected chi connectivity index (χ3v) is 7.96. The van der Waals surface area contributed by atoms with E-state index in [1.54, 1.807) is 17.0 Å². The van der Waals surface area contributed by atoms with Crippen molar-refractivity contribution in [3.63, 3.8) is 0 Å². The summed E-state index contributed by atoms with van der Waals surface area (Å²) in [4.78, 5) is 33.5. The first-order valence-corrected chi connectivity index (χ1v) is 15.5. The number of urea groups is 1. The number of hydrogen-bond donors (Lipinski definition) is 2. The number of piperazine rings is 1. The third kappa shape index (κ3) is 10.6. The van der Waals surface area contributed by atoms with Gasteiger partial charge in [-0.1, -0.05) is 24.3 Å². The van der Waals surface area contributed by atoms with Gasteiger partial charge in [0.25, 0.3) is 0 Å². The summed E-state index contributed by atoms with van der Waals surface area (Å²) in [5.74, 6) is 0.347. The fraction of sp³-hybridized carbons (Fsp3) is 0.576. The normalized spacial score (nSPS) is 17.6. The zero-order chi connectivity index (χ0) is 31.7. The van der Waals surface area contributed by atoms with Gasteiger partial charge < -0.3 is 34.6 Å². The predicted octanol–water partition coefficient (Wildman–Crippen LogP) is 3.92. The van der Waals surface area contributed by atoms with Crippen LogP contribution in [0, 0.1) is 5.82 Å². The summed E-state index contributed by atoms with van der Waals surface area (Å²) in [6.45, 7) is 11.3. The van der Waals surface area contributed by atoms with Crippen molar-refractivity contribution in [2.24, 2.45) is 0 Å². The van der Waals surface area contributed by atoms with Gasteiger partial charge in [-0.3, -0.25) is 4.90 Å². The molecule has 0 radical (unpaired) electrons. The van der Waals surface area contributed by atoms with E-state index in [0.29, 0.717) is 51.6 Å². The number of carbonyl (C=O) groups is 2. The molecule has 2 aromatic carbocycles. The smallest absolute Gasteiger partial charge is 0.410 e. The number of aliphatic hydroxyl groups excluding tert-OH is 1. The second-order valence-corrected chi connectivity index (χ2v) is 12.8. The number of hydrogen-bond acceptors (Lipinski definition) is 7. The highest BCUT2D eigenvalue weighted by Crippen LogP contribution is 2.20. The van der Waals surface area contributed by atoms with E-state index in [0.717, 1.165) is 37.1 Å². The lowest BCUT2D eigenvalue weighted by atomic mass is 10.0. The number of likely N-dealkylation sites (tertiary alicyclic amines) is 1. The van der Waals surface area contributed by atoms with E-state index in [-0.39, 0.29) is 30.6 Å². The number of β-amino-alcohol motifs (C(OH)–C–C–N with tert-alkyl or cyclic N) is 1. The number of rotatable bonds is 10. The summed E-state index contributed by atoms with van der Waals surface area (Å²) in [5, 5.41) is 13.6. The first-order valence-electron chi connectivity index (χ1n) is 15.5. The Hall–Kier alpha value is -3.41. The lowest BCUT2D eigenvalue weighted by molar-refractivity contribution is 0.00712. The average Bonchev–Trinajstić information content (AvgIpc) is 2.99. The van der Waals surface area contributed by atoms with Crippen molar-refractivity contribution in [2.75, 3.05) is 59.5 Å². The highest BCUT2D eigenvalue weighted by atomic mass is 19.1. The average molecular weight is 614 g/mol. The third-order valence-electron chi connectivity index (χ3n) is 7.96. The van der Waals surface area contributed by atoms with Gasteiger partial charge in [0.05, 0.1) is 0 Å². The number of ether oxygens (including phenoxy) is 2. The van der Waals surface area contributed by atoms with Gasteiger partial charge in [0.15, 0.2) is 0 Å². The van der Waals surface area contributed by atoms with Crippen molar-refractivity contribution in [1.82, 2.24) is 24.9 Å². The Bertz CT molecular complexity index is 1190. The van der Waals surface area contributed by atoms with Crippen molar-refractivity contribution in [2.45, 2.75) is 64.4 Å². The van der Waals surface area contributed by atoms with Gasteiger partial charge in [-0.05, 0) is 89.1 Å². The van der Waals surface area contributed by atoms with Crippen molar-refractivity contribution in [3.05, 3.63) is 65.5 Å². The molecule has 0 aliphatic carbocycles. The van der Waals surface area contributed by atoms with Gasteiger partial charge in [0.1, 0.15) is 29.9 Å². The Labute approximate surface area is 260 Å². The number of amides is 3. The molecule has 3 amide bonds. The number of halogens is 1. The van der Waals surface area contributed by atoms with Gasteiger partial charge >= 0.3 is 12.1 Å². The van der Waals surface area contributed by atoms with Crippen LogP contribution in [-0.4, -0.2) is 114 Å². The second kappa shape index (κ2) is 15.5. The summed E-state index contributed by atoms with van der Waals surface area (Å²) < 4.78 is 24.7. The minimum atomic E-state index is -0.672. The van der Waals surface area contributed by atoms with Gasteiger partial charge in [-0.25, -0.2) is 14.0 Å². The molecule has 2 aliphatic heterocycles. The van der Waals surface area contributed by atoms with Crippen LogP contribution in [0.5, 0.6) is 5.75 Å². The number of carbonyl (C=O) groups excluding carboxylic acids is 2. The summed E-state index contributed by atoms with van der Waals surface area (Å²) in [7, 11) is 2.09. The van der Waals surface area contributed by atoms with E-state index in [4.69, 9.17) is 9.47 Å². The second-order valence-electron chi connectivity index (χ2n) is 12.8. The van der Waals surface area contributed by atoms with E-state index >= 15 is 0 Å². The van der Waals surface area contributed by atoms with E-state index in [1.807, 2.05) is 49.9 Å². The van der Waals surface area contributed by atoms with Gasteiger partial charge in [-0.15, -0.1) is 0 Å². The Morgan fingerprint density at radius 3 is 2.20 bits per heavy atom. The molecule has 0 aromatic heterocycles. The number of piperidine rings is 1. The lowest BCUT2D eigenvalue weighted by Gasteiger charge is -2.37. The van der Waals surface area contributed by atoms with Crippen LogP contribution < -0.4 is 10.1 Å². The van der Waals surface area contributed by atoms with Gasteiger partial charge in [0.2, 0.25) is 0 Å². The molecule has 0 bridgehead atoms. The van der Waals surface area contributed by atoms with Crippen LogP contribution in [0.3, 0.4) is 0 Å². The maximum absolute atomic E-state index is 13.4. The maximum atomic E-state index is 13.4. The molecule has 4 rings (SSSR count). The Kier molecular flexibility index (Phi) is 11.8. The first kappa shape index (κ1) is 33.5. The summed E-state index contributed by atoms with van der Waals surface area (Å²) in [6.07, 6.45) is 0.814. The van der Waals surface area contributed by atoms with Crippen LogP contribution in [0.1, 0.15) is 44.7 Å². The fourth-order valence-corrected chi connectivity index (χ4v) is 5.43. The molecule has 2 aliphatic rings. The van der Waals surface area contributed by atoms with E-state index in [2.05, 4.69) is 22.2 Å². The minimum absolute atomic E-state index is 0.118. The molecule has 0 spiro atoms. The summed E-state index contributed by atoms with van der Waals surface area (Å²) in [6, 6.07) is 13.8. The number of nitrogens with zero attached hydrogens (tertiary/aromatic N) is 4. The van der Waals surface area contributed by atoms with Crippen molar-refractivity contribution in [1.29, 1.82) is 0 Å². The molecule has 1 atom stereocenters. The van der Waals surface area contributed by atoms with Gasteiger partial charge in [-0.2, -0.15) is 0 Å². The van der Waals surface area contributed by atoms with E-state index in [9.17, 15) is 19.1 Å². The van der Waals surface area contributed by atoms with Crippen LogP contribution >= 0.6 is 0 Å². The van der Waals surface area contributed by atoms with Crippen molar-refractivity contribution >= 4 is 12.1 Å². The molecular weight excluding hydrogens is 565 g/mol. The van der Waals surface area contributed by atoms with Crippen LogP contribution in [0.2, 0.25) is 0 Å². The van der Waals surface area contributed by atoms with E-state index in [1.165, 1.54) is 12.1 Å². The molecule has 0 saturated carbocycles. The van der Waals surface area contributed by atoms with Crippen molar-refractivity contribution < 1.29 is 28.6 Å². The Morgan fingerprint density at radius 2 is 1.59 bits per heavy atom. The molecule has 2 heterocycles. The first-order chi connectivity index (χ1) is 20.9. The molecular formula is C33H48FN5O5. The monoisotopic (exact) mass is 613 g/mol. The standard InChI is InChI=1S/C33H48FN5O5/c1-33(2,3)44-32(42)38-19-17-37(18-20-38)23-29(40)24-43-30-11-7-25(8-12-30)21-35-31(41)39(28-13-15-36(4)16-14-28)22-26-5-9-27(34)10-6-26/h5-12,28-29,40H,13-24H2,1-4H3,(H,35,41). The lowest BCUT2D eigenvalue weighted by Crippen LogP contribution is -2.51. The van der Waals surface area contributed by atoms with Crippen LogP contribution in [0.4, 0.5) is 14.0 Å². The van der Waals surface area contributed by atoms with Crippen molar-refractivity contribution in [3.8, 4) is 5.75 Å².